The van der Waals surface area contributed by atoms with E-state index in [0.717, 1.165) is 25.5 Å². The van der Waals surface area contributed by atoms with Crippen molar-refractivity contribution in [3.8, 4) is 0 Å². The Morgan fingerprint density at radius 2 is 1.46 bits per heavy atom. The number of allylic oxidation sites excluding steroid dienone is 2. The molecule has 0 aromatic heterocycles. The first-order valence-electron chi connectivity index (χ1n) is 5.50. The molecule has 0 amide bonds. The van der Waals surface area contributed by atoms with E-state index in [1.54, 1.807) is 0 Å². The van der Waals surface area contributed by atoms with Crippen LogP contribution in [0.5, 0.6) is 0 Å². The van der Waals surface area contributed by atoms with Crippen LogP contribution >= 0.6 is 0 Å². The average molecular weight is 182 g/mol. The predicted octanol–water partition coefficient (Wildman–Crippen LogP) is 3.88. The second-order valence-electron chi connectivity index (χ2n) is 3.39. The third-order valence-corrected chi connectivity index (χ3v) is 2.10. The number of carbonyl (C=O) groups is 1. The van der Waals surface area contributed by atoms with Gasteiger partial charge in [-0.1, -0.05) is 38.3 Å². The van der Waals surface area contributed by atoms with Gasteiger partial charge < -0.3 is 4.79 Å². The quantitative estimate of drug-likeness (QED) is 0.300. The zero-order valence-electron chi connectivity index (χ0n) is 8.80. The van der Waals surface area contributed by atoms with Crippen molar-refractivity contribution in [2.24, 2.45) is 0 Å². The van der Waals surface area contributed by atoms with Crippen LogP contribution in [0.3, 0.4) is 0 Å². The molecule has 0 radical (unpaired) electrons. The highest BCUT2D eigenvalue weighted by molar-refractivity contribution is 5.48. The topological polar surface area (TPSA) is 17.1 Å². The van der Waals surface area contributed by atoms with E-state index in [-0.39, 0.29) is 0 Å². The van der Waals surface area contributed by atoms with Crippen LogP contribution < -0.4 is 0 Å². The zero-order chi connectivity index (χ0) is 9.78. The molecule has 76 valence electrons. The molecular formula is C12H22O. The first-order valence-corrected chi connectivity index (χ1v) is 5.50. The Balaban J connectivity index is 2.91. The van der Waals surface area contributed by atoms with Gasteiger partial charge in [-0.15, -0.1) is 0 Å². The first kappa shape index (κ1) is 12.4. The van der Waals surface area contributed by atoms with E-state index < -0.39 is 0 Å². The summed E-state index contributed by atoms with van der Waals surface area (Å²) in [5, 5.41) is 0. The Labute approximate surface area is 82.2 Å². The first-order chi connectivity index (χ1) is 6.41. The van der Waals surface area contributed by atoms with Gasteiger partial charge in [-0.05, 0) is 25.7 Å². The molecule has 0 aliphatic carbocycles. The Morgan fingerprint density at radius 1 is 0.846 bits per heavy atom. The van der Waals surface area contributed by atoms with Gasteiger partial charge in [0, 0.05) is 6.42 Å². The van der Waals surface area contributed by atoms with E-state index in [9.17, 15) is 4.79 Å². The number of hydrogen-bond acceptors (Lipinski definition) is 1. The molecule has 0 bridgehead atoms. The number of unbranched alkanes of at least 4 members (excludes halogenated alkanes) is 6. The van der Waals surface area contributed by atoms with Gasteiger partial charge in [0.15, 0.2) is 0 Å². The van der Waals surface area contributed by atoms with Crippen LogP contribution in [0.2, 0.25) is 0 Å². The lowest BCUT2D eigenvalue weighted by atomic mass is 10.1. The molecule has 1 heteroatoms. The minimum absolute atomic E-state index is 0.746. The molecule has 0 spiro atoms. The number of rotatable bonds is 9. The average Bonchev–Trinajstić information content (AvgIpc) is 2.16. The van der Waals surface area contributed by atoms with Crippen LogP contribution in [-0.4, -0.2) is 6.29 Å². The molecule has 0 N–H and O–H groups in total. The van der Waals surface area contributed by atoms with Gasteiger partial charge in [-0.25, -0.2) is 0 Å². The Kier molecular flexibility index (Phi) is 10.9. The lowest BCUT2D eigenvalue weighted by Gasteiger charge is -1.96. The van der Waals surface area contributed by atoms with Crippen molar-refractivity contribution in [3.05, 3.63) is 12.2 Å². The lowest BCUT2D eigenvalue weighted by Crippen LogP contribution is -1.80. The van der Waals surface area contributed by atoms with Crippen molar-refractivity contribution in [2.75, 3.05) is 0 Å². The largest absolute Gasteiger partial charge is 0.303 e. The fraction of sp³-hybridized carbons (Fsp3) is 0.750. The number of hydrogen-bond donors (Lipinski definition) is 0. The van der Waals surface area contributed by atoms with E-state index in [0.29, 0.717) is 0 Å². The highest BCUT2D eigenvalue weighted by Crippen LogP contribution is 2.06. The van der Waals surface area contributed by atoms with Gasteiger partial charge in [0.25, 0.3) is 0 Å². The second-order valence-corrected chi connectivity index (χ2v) is 3.39. The van der Waals surface area contributed by atoms with Crippen LogP contribution in [0, 0.1) is 0 Å². The molecule has 0 aromatic carbocycles. The molecule has 0 saturated heterocycles. The molecule has 0 rings (SSSR count). The summed E-state index contributed by atoms with van der Waals surface area (Å²) < 4.78 is 0. The van der Waals surface area contributed by atoms with Gasteiger partial charge in [0.1, 0.15) is 6.29 Å². The summed E-state index contributed by atoms with van der Waals surface area (Å²) in [4.78, 5) is 10.0. The minimum atomic E-state index is 0.746. The van der Waals surface area contributed by atoms with Gasteiger partial charge >= 0.3 is 0 Å². The molecular weight excluding hydrogens is 160 g/mol. The fourth-order valence-corrected chi connectivity index (χ4v) is 1.30. The molecule has 0 fully saturated rings. The molecule has 0 aliphatic rings. The summed E-state index contributed by atoms with van der Waals surface area (Å²) in [6.07, 6.45) is 14.8. The van der Waals surface area contributed by atoms with Gasteiger partial charge in [-0.3, -0.25) is 0 Å². The summed E-state index contributed by atoms with van der Waals surface area (Å²) in [6, 6.07) is 0. The van der Waals surface area contributed by atoms with E-state index in [2.05, 4.69) is 19.1 Å². The maximum absolute atomic E-state index is 10.0. The molecule has 0 aromatic rings. The van der Waals surface area contributed by atoms with Crippen molar-refractivity contribution < 1.29 is 4.79 Å². The van der Waals surface area contributed by atoms with Crippen molar-refractivity contribution in [1.82, 2.24) is 0 Å². The third kappa shape index (κ3) is 11.4. The number of aldehydes is 1. The molecule has 1 nitrogen and oxygen atoms in total. The molecule has 13 heavy (non-hydrogen) atoms. The number of carbonyl (C=O) groups excluding carboxylic acids is 1. The zero-order valence-corrected chi connectivity index (χ0v) is 8.80. The standard InChI is InChI=1S/C12H22O/c1-2-3-4-5-6-7-8-9-10-11-12-13/h3-4,12H,2,5-11H2,1H3/b4-3+. The van der Waals surface area contributed by atoms with Gasteiger partial charge in [0.2, 0.25) is 0 Å². The second kappa shape index (κ2) is 11.4. The van der Waals surface area contributed by atoms with Crippen LogP contribution in [0.25, 0.3) is 0 Å². The maximum Gasteiger partial charge on any atom is 0.119 e. The van der Waals surface area contributed by atoms with Crippen molar-refractivity contribution in [3.63, 3.8) is 0 Å². The molecule has 0 atom stereocenters. The summed E-state index contributed by atoms with van der Waals surface area (Å²) in [5.74, 6) is 0. The normalized spacial score (nSPS) is 10.8. The highest BCUT2D eigenvalue weighted by Gasteiger charge is 1.88. The van der Waals surface area contributed by atoms with Crippen LogP contribution in [0.15, 0.2) is 12.2 Å². The Hall–Kier alpha value is -0.590. The van der Waals surface area contributed by atoms with Crippen molar-refractivity contribution in [2.45, 2.75) is 58.3 Å². The molecule has 0 saturated carbocycles. The smallest absolute Gasteiger partial charge is 0.119 e. The molecule has 0 heterocycles. The molecule has 0 unspecified atom stereocenters. The van der Waals surface area contributed by atoms with E-state index in [4.69, 9.17) is 0 Å². The predicted molar refractivity (Wildman–Crippen MR) is 57.8 cm³/mol. The van der Waals surface area contributed by atoms with Crippen molar-refractivity contribution >= 4 is 6.29 Å². The van der Waals surface area contributed by atoms with Crippen LogP contribution in [0.1, 0.15) is 58.3 Å². The van der Waals surface area contributed by atoms with Gasteiger partial charge in [0.05, 0.1) is 0 Å². The van der Waals surface area contributed by atoms with Gasteiger partial charge in [-0.2, -0.15) is 0 Å². The third-order valence-electron chi connectivity index (χ3n) is 2.10. The Morgan fingerprint density at radius 3 is 2.08 bits per heavy atom. The Bertz CT molecular complexity index is 127. The summed E-state index contributed by atoms with van der Waals surface area (Å²) >= 11 is 0. The summed E-state index contributed by atoms with van der Waals surface area (Å²) in [5.41, 5.74) is 0. The summed E-state index contributed by atoms with van der Waals surface area (Å²) in [7, 11) is 0. The van der Waals surface area contributed by atoms with E-state index >= 15 is 0 Å². The van der Waals surface area contributed by atoms with Crippen molar-refractivity contribution in [1.29, 1.82) is 0 Å². The highest BCUT2D eigenvalue weighted by atomic mass is 16.1. The summed E-state index contributed by atoms with van der Waals surface area (Å²) in [6.45, 7) is 2.16. The maximum atomic E-state index is 10.0. The minimum Gasteiger partial charge on any atom is -0.303 e. The monoisotopic (exact) mass is 182 g/mol. The lowest BCUT2D eigenvalue weighted by molar-refractivity contribution is -0.107. The van der Waals surface area contributed by atoms with Crippen LogP contribution in [0.4, 0.5) is 0 Å². The fourth-order valence-electron chi connectivity index (χ4n) is 1.30. The van der Waals surface area contributed by atoms with E-state index in [1.165, 1.54) is 32.1 Å². The SMILES string of the molecule is CC/C=C/CCCCCCCC=O. The molecule has 0 aliphatic heterocycles. The van der Waals surface area contributed by atoms with Crippen LogP contribution in [-0.2, 0) is 4.79 Å². The van der Waals surface area contributed by atoms with E-state index in [1.807, 2.05) is 0 Å².